The molecular formula is C13H18ClN3O2. The molecular weight excluding hydrogens is 266 g/mol. The first kappa shape index (κ1) is 14.1. The predicted molar refractivity (Wildman–Crippen MR) is 74.2 cm³/mol. The summed E-state index contributed by atoms with van der Waals surface area (Å²) in [5.41, 5.74) is 6.28. The highest BCUT2D eigenvalue weighted by Gasteiger charge is 2.15. The Labute approximate surface area is 117 Å². The Morgan fingerprint density at radius 2 is 2.26 bits per heavy atom. The monoisotopic (exact) mass is 283 g/mol. The van der Waals surface area contributed by atoms with Gasteiger partial charge in [0.15, 0.2) is 0 Å². The number of nitrogen functional groups attached to an aromatic ring is 1. The lowest BCUT2D eigenvalue weighted by atomic mass is 10.2. The van der Waals surface area contributed by atoms with Gasteiger partial charge in [-0.2, -0.15) is 0 Å². The van der Waals surface area contributed by atoms with Crippen molar-refractivity contribution < 1.29 is 9.53 Å². The van der Waals surface area contributed by atoms with E-state index in [0.29, 0.717) is 30.5 Å². The summed E-state index contributed by atoms with van der Waals surface area (Å²) in [6.45, 7) is 0.976. The summed E-state index contributed by atoms with van der Waals surface area (Å²) in [6, 6.07) is 1.52. The molecule has 5 nitrogen and oxygen atoms in total. The number of rotatable bonds is 5. The zero-order chi connectivity index (χ0) is 13.7. The molecule has 0 saturated heterocycles. The highest BCUT2D eigenvalue weighted by Crippen LogP contribution is 2.20. The van der Waals surface area contributed by atoms with E-state index in [2.05, 4.69) is 10.3 Å². The molecule has 1 aromatic heterocycles. The van der Waals surface area contributed by atoms with Crippen molar-refractivity contribution in [1.82, 2.24) is 10.3 Å². The lowest BCUT2D eigenvalue weighted by molar-refractivity contribution is 0.0582. The molecule has 0 unspecified atom stereocenters. The third-order valence-corrected chi connectivity index (χ3v) is 3.45. The second kappa shape index (κ2) is 6.73. The Hall–Kier alpha value is -1.33. The van der Waals surface area contributed by atoms with Crippen LogP contribution in [0.25, 0.3) is 0 Å². The van der Waals surface area contributed by atoms with Gasteiger partial charge in [-0.3, -0.25) is 4.79 Å². The maximum Gasteiger partial charge on any atom is 0.254 e. The van der Waals surface area contributed by atoms with Gasteiger partial charge >= 0.3 is 0 Å². The van der Waals surface area contributed by atoms with E-state index in [4.69, 9.17) is 22.1 Å². The number of nitrogens with zero attached hydrogens (tertiary/aromatic N) is 1. The molecule has 1 heterocycles. The zero-order valence-corrected chi connectivity index (χ0v) is 11.4. The molecule has 3 N–H and O–H groups in total. The topological polar surface area (TPSA) is 77.2 Å². The summed E-state index contributed by atoms with van der Waals surface area (Å²) in [6.07, 6.45) is 6.50. The van der Waals surface area contributed by atoms with Crippen molar-refractivity contribution in [2.45, 2.75) is 31.8 Å². The van der Waals surface area contributed by atoms with Gasteiger partial charge in [0.2, 0.25) is 0 Å². The van der Waals surface area contributed by atoms with Gasteiger partial charge in [0.05, 0.1) is 30.2 Å². The van der Waals surface area contributed by atoms with Gasteiger partial charge in [-0.25, -0.2) is 4.98 Å². The van der Waals surface area contributed by atoms with Gasteiger partial charge in [-0.05, 0) is 18.9 Å². The number of hydrogen-bond acceptors (Lipinski definition) is 4. The lowest BCUT2D eigenvalue weighted by Crippen LogP contribution is -2.28. The lowest BCUT2D eigenvalue weighted by Gasteiger charge is -2.11. The Morgan fingerprint density at radius 3 is 3.00 bits per heavy atom. The fourth-order valence-corrected chi connectivity index (χ4v) is 2.35. The molecule has 0 bridgehead atoms. The molecule has 1 aliphatic carbocycles. The molecule has 0 aliphatic heterocycles. The summed E-state index contributed by atoms with van der Waals surface area (Å²) >= 11 is 5.85. The Kier molecular flexibility index (Phi) is 4.99. The SMILES string of the molecule is Nc1cnc(Cl)c(C(=O)NCCOC2CCCC2)c1. The van der Waals surface area contributed by atoms with Gasteiger partial charge in [-0.1, -0.05) is 24.4 Å². The summed E-state index contributed by atoms with van der Waals surface area (Å²) < 4.78 is 5.66. The molecule has 1 fully saturated rings. The van der Waals surface area contributed by atoms with E-state index in [1.807, 2.05) is 0 Å². The molecule has 1 aromatic rings. The first-order valence-electron chi connectivity index (χ1n) is 6.47. The highest BCUT2D eigenvalue weighted by atomic mass is 35.5. The Morgan fingerprint density at radius 1 is 1.53 bits per heavy atom. The molecule has 1 saturated carbocycles. The van der Waals surface area contributed by atoms with E-state index in [-0.39, 0.29) is 11.1 Å². The third kappa shape index (κ3) is 4.08. The number of anilines is 1. The Balaban J connectivity index is 1.75. The number of nitrogens with one attached hydrogen (secondary N) is 1. The number of carbonyl (C=O) groups excluding carboxylic acids is 1. The number of nitrogens with two attached hydrogens (primary N) is 1. The molecule has 19 heavy (non-hydrogen) atoms. The van der Waals surface area contributed by atoms with Crippen LogP contribution in [0, 0.1) is 0 Å². The minimum atomic E-state index is -0.278. The van der Waals surface area contributed by atoms with Crippen LogP contribution in [-0.2, 0) is 4.74 Å². The van der Waals surface area contributed by atoms with Crippen molar-refractivity contribution in [2.75, 3.05) is 18.9 Å². The van der Waals surface area contributed by atoms with Crippen LogP contribution in [0.3, 0.4) is 0 Å². The molecule has 6 heteroatoms. The maximum atomic E-state index is 11.9. The molecule has 1 aliphatic rings. The summed E-state index contributed by atoms with van der Waals surface area (Å²) in [5.74, 6) is -0.278. The van der Waals surface area contributed by atoms with Gasteiger partial charge in [0, 0.05) is 6.54 Å². The number of amides is 1. The van der Waals surface area contributed by atoms with Crippen molar-refractivity contribution in [1.29, 1.82) is 0 Å². The van der Waals surface area contributed by atoms with Crippen LogP contribution in [-0.4, -0.2) is 30.1 Å². The fraction of sp³-hybridized carbons (Fsp3) is 0.538. The minimum Gasteiger partial charge on any atom is -0.397 e. The van der Waals surface area contributed by atoms with Crippen LogP contribution in [0.15, 0.2) is 12.3 Å². The number of halogens is 1. The average Bonchev–Trinajstić information content (AvgIpc) is 2.90. The summed E-state index contributed by atoms with van der Waals surface area (Å²) in [5, 5.41) is 2.90. The molecule has 1 amide bonds. The van der Waals surface area contributed by atoms with Gasteiger partial charge in [0.25, 0.3) is 5.91 Å². The van der Waals surface area contributed by atoms with E-state index >= 15 is 0 Å². The van der Waals surface area contributed by atoms with Crippen molar-refractivity contribution in [3.8, 4) is 0 Å². The van der Waals surface area contributed by atoms with Crippen LogP contribution in [0.4, 0.5) is 5.69 Å². The maximum absolute atomic E-state index is 11.9. The molecule has 0 atom stereocenters. The highest BCUT2D eigenvalue weighted by molar-refractivity contribution is 6.32. The van der Waals surface area contributed by atoms with E-state index in [1.54, 1.807) is 0 Å². The van der Waals surface area contributed by atoms with Gasteiger partial charge in [0.1, 0.15) is 5.15 Å². The third-order valence-electron chi connectivity index (χ3n) is 3.15. The van der Waals surface area contributed by atoms with E-state index < -0.39 is 0 Å². The minimum absolute atomic E-state index is 0.156. The number of pyridine rings is 1. The summed E-state index contributed by atoms with van der Waals surface area (Å²) in [7, 11) is 0. The Bertz CT molecular complexity index is 448. The van der Waals surface area contributed by atoms with Crippen molar-refractivity contribution in [2.24, 2.45) is 0 Å². The van der Waals surface area contributed by atoms with Crippen LogP contribution < -0.4 is 11.1 Å². The van der Waals surface area contributed by atoms with Crippen molar-refractivity contribution >= 4 is 23.2 Å². The largest absolute Gasteiger partial charge is 0.397 e. The van der Waals surface area contributed by atoms with E-state index in [0.717, 1.165) is 12.8 Å². The first-order chi connectivity index (χ1) is 9.16. The van der Waals surface area contributed by atoms with E-state index in [1.165, 1.54) is 25.1 Å². The number of hydrogen-bond donors (Lipinski definition) is 2. The van der Waals surface area contributed by atoms with E-state index in [9.17, 15) is 4.79 Å². The predicted octanol–water partition coefficient (Wildman–Crippen LogP) is 2.01. The van der Waals surface area contributed by atoms with Crippen LogP contribution in [0.1, 0.15) is 36.0 Å². The average molecular weight is 284 g/mol. The standard InChI is InChI=1S/C13H18ClN3O2/c14-12-11(7-9(15)8-17-12)13(18)16-5-6-19-10-3-1-2-4-10/h7-8,10H,1-6,15H2,(H,16,18). The van der Waals surface area contributed by atoms with Crippen LogP contribution in [0.2, 0.25) is 5.15 Å². The molecule has 2 rings (SSSR count). The van der Waals surface area contributed by atoms with Crippen molar-refractivity contribution in [3.63, 3.8) is 0 Å². The summed E-state index contributed by atoms with van der Waals surface area (Å²) in [4.78, 5) is 15.7. The molecule has 0 radical (unpaired) electrons. The number of ether oxygens (including phenoxy) is 1. The van der Waals surface area contributed by atoms with Crippen molar-refractivity contribution in [3.05, 3.63) is 23.0 Å². The number of carbonyl (C=O) groups is 1. The van der Waals surface area contributed by atoms with Crippen LogP contribution in [0.5, 0.6) is 0 Å². The molecule has 0 aromatic carbocycles. The second-order valence-electron chi connectivity index (χ2n) is 4.64. The molecule has 0 spiro atoms. The zero-order valence-electron chi connectivity index (χ0n) is 10.7. The quantitative estimate of drug-likeness (QED) is 0.640. The first-order valence-corrected chi connectivity index (χ1v) is 6.85. The van der Waals surface area contributed by atoms with Gasteiger partial charge in [-0.15, -0.1) is 0 Å². The molecule has 104 valence electrons. The normalized spacial score (nSPS) is 15.6. The van der Waals surface area contributed by atoms with Crippen LogP contribution >= 0.6 is 11.6 Å². The fourth-order valence-electron chi connectivity index (χ4n) is 2.16. The second-order valence-corrected chi connectivity index (χ2v) is 5.00. The smallest absolute Gasteiger partial charge is 0.254 e. The van der Waals surface area contributed by atoms with Gasteiger partial charge < -0.3 is 15.8 Å². The number of aromatic nitrogens is 1.